The second kappa shape index (κ2) is 8.28. The van der Waals surface area contributed by atoms with Gasteiger partial charge in [-0.15, -0.1) is 5.10 Å². The number of nitrogens with zero attached hydrogens (tertiary/aromatic N) is 4. The lowest BCUT2D eigenvalue weighted by Gasteiger charge is -2.08. The molecule has 0 aliphatic rings. The van der Waals surface area contributed by atoms with E-state index in [1.807, 2.05) is 66.7 Å². The van der Waals surface area contributed by atoms with Crippen LogP contribution in [0.15, 0.2) is 97.3 Å². The zero-order chi connectivity index (χ0) is 21.0. The Bertz CT molecular complexity index is 1320. The Kier molecular flexibility index (Phi) is 5.02. The van der Waals surface area contributed by atoms with Crippen LogP contribution in [0.1, 0.15) is 5.56 Å². The van der Waals surface area contributed by atoms with Crippen molar-refractivity contribution in [1.82, 2.24) is 19.6 Å². The molecule has 0 fully saturated rings. The summed E-state index contributed by atoms with van der Waals surface area (Å²) in [5.74, 6) is -0.146. The summed E-state index contributed by atoms with van der Waals surface area (Å²) >= 11 is 0. The summed E-state index contributed by atoms with van der Waals surface area (Å²) in [6.07, 6.45) is 3.85. The number of aromatic nitrogens is 4. The number of fused-ring (bicyclic) bond motifs is 1. The van der Waals surface area contributed by atoms with Crippen LogP contribution in [0.5, 0.6) is 0 Å². The van der Waals surface area contributed by atoms with Crippen LogP contribution in [-0.2, 0) is 17.9 Å². The summed E-state index contributed by atoms with van der Waals surface area (Å²) in [5.41, 5.74) is 4.86. The lowest BCUT2D eigenvalue weighted by Crippen LogP contribution is -2.19. The topological polar surface area (TPSA) is 64.7 Å². The molecular formula is C25H21N5O. The van der Waals surface area contributed by atoms with Crippen molar-refractivity contribution in [2.24, 2.45) is 0 Å². The van der Waals surface area contributed by atoms with Gasteiger partial charge in [0.25, 0.3) is 0 Å². The molecule has 0 atom stereocenters. The van der Waals surface area contributed by atoms with E-state index in [4.69, 9.17) is 0 Å². The van der Waals surface area contributed by atoms with Gasteiger partial charge in [-0.3, -0.25) is 4.79 Å². The monoisotopic (exact) mass is 407 g/mol. The number of carbonyl (C=O) groups excluding carboxylic acids is 1. The predicted octanol–water partition coefficient (Wildman–Crippen LogP) is 4.59. The number of hydrogen-bond donors (Lipinski definition) is 1. The van der Waals surface area contributed by atoms with Crippen molar-refractivity contribution >= 4 is 22.5 Å². The van der Waals surface area contributed by atoms with Crippen LogP contribution in [0, 0.1) is 0 Å². The van der Waals surface area contributed by atoms with Gasteiger partial charge in [-0.25, -0.2) is 4.68 Å². The molecule has 0 bridgehead atoms. The first-order valence-corrected chi connectivity index (χ1v) is 10.1. The highest BCUT2D eigenvalue weighted by Crippen LogP contribution is 2.22. The third-order valence-electron chi connectivity index (χ3n) is 5.16. The molecule has 0 spiro atoms. The van der Waals surface area contributed by atoms with E-state index < -0.39 is 0 Å². The van der Waals surface area contributed by atoms with Crippen LogP contribution < -0.4 is 5.32 Å². The Morgan fingerprint density at radius 1 is 0.903 bits per heavy atom. The van der Waals surface area contributed by atoms with E-state index in [0.29, 0.717) is 0 Å². The summed E-state index contributed by atoms with van der Waals surface area (Å²) in [5, 5.41) is 12.3. The van der Waals surface area contributed by atoms with Gasteiger partial charge in [-0.05, 0) is 29.8 Å². The number of nitrogens with one attached hydrogen (secondary N) is 1. The number of benzene rings is 3. The molecule has 1 amide bonds. The standard InChI is InChI=1S/C25H21N5O/c31-25(18-30-17-23(27-28-30)20-9-5-2-6-10-20)26-22-11-12-24-21(15-22)13-14-29(24)16-19-7-3-1-4-8-19/h1-15,17H,16,18H2,(H,26,31). The molecule has 5 aromatic rings. The van der Waals surface area contributed by atoms with Crippen molar-refractivity contribution in [2.75, 3.05) is 5.32 Å². The molecule has 1 N–H and O–H groups in total. The number of anilines is 1. The van der Waals surface area contributed by atoms with E-state index in [1.54, 1.807) is 10.9 Å². The summed E-state index contributed by atoms with van der Waals surface area (Å²) in [7, 11) is 0. The Balaban J connectivity index is 1.26. The van der Waals surface area contributed by atoms with Gasteiger partial charge >= 0.3 is 0 Å². The minimum Gasteiger partial charge on any atom is -0.343 e. The van der Waals surface area contributed by atoms with Gasteiger partial charge in [0.2, 0.25) is 5.91 Å². The zero-order valence-electron chi connectivity index (χ0n) is 16.8. The second-order valence-electron chi connectivity index (χ2n) is 7.42. The van der Waals surface area contributed by atoms with Crippen LogP contribution in [0.3, 0.4) is 0 Å². The maximum Gasteiger partial charge on any atom is 0.246 e. The van der Waals surface area contributed by atoms with Crippen LogP contribution >= 0.6 is 0 Å². The van der Waals surface area contributed by atoms with Crippen molar-refractivity contribution in [3.8, 4) is 11.3 Å². The Hall–Kier alpha value is -4.19. The van der Waals surface area contributed by atoms with Gasteiger partial charge in [-0.2, -0.15) is 0 Å². The quantitative estimate of drug-likeness (QED) is 0.448. The minimum atomic E-state index is -0.146. The summed E-state index contributed by atoms with van der Waals surface area (Å²) in [6.45, 7) is 0.916. The lowest BCUT2D eigenvalue weighted by molar-refractivity contribution is -0.116. The van der Waals surface area contributed by atoms with Crippen molar-refractivity contribution < 1.29 is 4.79 Å². The molecule has 5 rings (SSSR count). The Morgan fingerprint density at radius 2 is 1.68 bits per heavy atom. The third-order valence-corrected chi connectivity index (χ3v) is 5.16. The van der Waals surface area contributed by atoms with Crippen molar-refractivity contribution in [3.05, 3.63) is 103 Å². The van der Waals surface area contributed by atoms with E-state index >= 15 is 0 Å². The predicted molar refractivity (Wildman–Crippen MR) is 122 cm³/mol. The molecule has 0 radical (unpaired) electrons. The first-order chi connectivity index (χ1) is 15.2. The van der Waals surface area contributed by atoms with Crippen LogP contribution in [0.25, 0.3) is 22.2 Å². The van der Waals surface area contributed by atoms with Crippen LogP contribution in [-0.4, -0.2) is 25.5 Å². The van der Waals surface area contributed by atoms with Gasteiger partial charge in [0.1, 0.15) is 12.2 Å². The fourth-order valence-corrected chi connectivity index (χ4v) is 3.66. The normalized spacial score (nSPS) is 11.0. The average Bonchev–Trinajstić information content (AvgIpc) is 3.42. The Morgan fingerprint density at radius 3 is 2.48 bits per heavy atom. The molecule has 0 saturated heterocycles. The van der Waals surface area contributed by atoms with Crippen molar-refractivity contribution in [3.63, 3.8) is 0 Å². The number of carbonyl (C=O) groups is 1. The average molecular weight is 407 g/mol. The molecule has 0 aliphatic heterocycles. The summed E-state index contributed by atoms with van der Waals surface area (Å²) < 4.78 is 3.75. The largest absolute Gasteiger partial charge is 0.343 e. The number of rotatable bonds is 6. The molecule has 6 nitrogen and oxygen atoms in total. The molecule has 0 unspecified atom stereocenters. The highest BCUT2D eigenvalue weighted by molar-refractivity contribution is 5.93. The van der Waals surface area contributed by atoms with Gasteiger partial charge in [0.15, 0.2) is 0 Å². The van der Waals surface area contributed by atoms with Gasteiger partial charge in [0.05, 0.1) is 6.20 Å². The van der Waals surface area contributed by atoms with Gasteiger partial charge in [-0.1, -0.05) is 65.9 Å². The van der Waals surface area contributed by atoms with E-state index in [0.717, 1.165) is 34.4 Å². The Labute approximate surface area is 179 Å². The maximum absolute atomic E-state index is 12.5. The molecule has 0 aliphatic carbocycles. The molecule has 3 aromatic carbocycles. The zero-order valence-corrected chi connectivity index (χ0v) is 16.8. The molecule has 6 heteroatoms. The minimum absolute atomic E-state index is 0.104. The van der Waals surface area contributed by atoms with Crippen LogP contribution in [0.4, 0.5) is 5.69 Å². The molecular weight excluding hydrogens is 386 g/mol. The van der Waals surface area contributed by atoms with Crippen molar-refractivity contribution in [1.29, 1.82) is 0 Å². The molecule has 0 saturated carbocycles. The molecule has 31 heavy (non-hydrogen) atoms. The first kappa shape index (κ1) is 18.8. The molecule has 2 heterocycles. The number of amides is 1. The molecule has 2 aromatic heterocycles. The first-order valence-electron chi connectivity index (χ1n) is 10.1. The lowest BCUT2D eigenvalue weighted by atomic mass is 10.2. The molecule has 152 valence electrons. The SMILES string of the molecule is O=C(Cn1cc(-c2ccccc2)nn1)Nc1ccc2c(ccn2Cc2ccccc2)c1. The number of hydrogen-bond acceptors (Lipinski definition) is 3. The van der Waals surface area contributed by atoms with E-state index in [9.17, 15) is 4.79 Å². The second-order valence-corrected chi connectivity index (χ2v) is 7.42. The highest BCUT2D eigenvalue weighted by atomic mass is 16.2. The van der Waals surface area contributed by atoms with Crippen molar-refractivity contribution in [2.45, 2.75) is 13.1 Å². The fourth-order valence-electron chi connectivity index (χ4n) is 3.66. The van der Waals surface area contributed by atoms with E-state index in [2.05, 4.69) is 44.6 Å². The van der Waals surface area contributed by atoms with Crippen LogP contribution in [0.2, 0.25) is 0 Å². The third kappa shape index (κ3) is 4.23. The highest BCUT2D eigenvalue weighted by Gasteiger charge is 2.09. The van der Waals surface area contributed by atoms with Gasteiger partial charge < -0.3 is 9.88 Å². The maximum atomic E-state index is 12.5. The van der Waals surface area contributed by atoms with E-state index in [-0.39, 0.29) is 12.5 Å². The summed E-state index contributed by atoms with van der Waals surface area (Å²) in [6, 6.07) is 28.2. The summed E-state index contributed by atoms with van der Waals surface area (Å²) in [4.78, 5) is 12.5. The smallest absolute Gasteiger partial charge is 0.246 e. The van der Waals surface area contributed by atoms with E-state index in [1.165, 1.54) is 5.56 Å². The fraction of sp³-hybridized carbons (Fsp3) is 0.0800. The van der Waals surface area contributed by atoms with Gasteiger partial charge in [0, 0.05) is 34.9 Å².